The number of carbonyl (C=O) groups is 2. The number of hydrogen-bond acceptors (Lipinski definition) is 6. The Labute approximate surface area is 164 Å². The minimum atomic E-state index is -1.04. The molecular weight excluding hydrogens is 392 g/mol. The molecule has 9 heteroatoms. The Morgan fingerprint density at radius 1 is 1.30 bits per heavy atom. The van der Waals surface area contributed by atoms with E-state index in [0.717, 1.165) is 31.7 Å². The largest absolute Gasteiger partial charge is 0.448 e. The summed E-state index contributed by atoms with van der Waals surface area (Å²) in [5.41, 5.74) is 1.22. The van der Waals surface area contributed by atoms with Crippen LogP contribution in [0.25, 0.3) is 0 Å². The van der Waals surface area contributed by atoms with Crippen LogP contribution in [0.3, 0.4) is 0 Å². The lowest BCUT2D eigenvalue weighted by Gasteiger charge is -2.13. The second-order valence-corrected chi connectivity index (χ2v) is 7.77. The number of benzene rings is 1. The molecule has 1 atom stereocenters. The number of carbonyl (C=O) groups excluding carboxylic acids is 2. The molecule has 27 heavy (non-hydrogen) atoms. The first kappa shape index (κ1) is 19.3. The van der Waals surface area contributed by atoms with E-state index < -0.39 is 22.9 Å². The molecule has 0 spiro atoms. The van der Waals surface area contributed by atoms with Gasteiger partial charge < -0.3 is 10.1 Å². The fourth-order valence-electron chi connectivity index (χ4n) is 2.82. The lowest BCUT2D eigenvalue weighted by atomic mass is 9.99. The van der Waals surface area contributed by atoms with Crippen LogP contribution in [0.4, 0.5) is 11.4 Å². The number of anilines is 1. The molecule has 142 valence electrons. The van der Waals surface area contributed by atoms with Crippen LogP contribution < -0.4 is 5.32 Å². The Morgan fingerprint density at radius 3 is 2.70 bits per heavy atom. The van der Waals surface area contributed by atoms with E-state index in [4.69, 9.17) is 16.3 Å². The number of nitrogens with one attached hydrogen (secondary N) is 1. The summed E-state index contributed by atoms with van der Waals surface area (Å²) >= 11 is 7.37. The van der Waals surface area contributed by atoms with Gasteiger partial charge in [-0.25, -0.2) is 4.79 Å². The van der Waals surface area contributed by atoms with Crippen molar-refractivity contribution in [2.75, 3.05) is 5.32 Å². The molecule has 0 fully saturated rings. The monoisotopic (exact) mass is 408 g/mol. The number of aryl methyl sites for hydroxylation is 2. The number of esters is 1. The zero-order chi connectivity index (χ0) is 19.6. The highest BCUT2D eigenvalue weighted by molar-refractivity contribution is 7.14. The number of ether oxygens (including phenoxy) is 1. The summed E-state index contributed by atoms with van der Waals surface area (Å²) in [5, 5.41) is 13.3. The van der Waals surface area contributed by atoms with E-state index in [1.54, 1.807) is 0 Å². The summed E-state index contributed by atoms with van der Waals surface area (Å²) in [6.45, 7) is 1.46. The molecule has 1 aromatic carbocycles. The molecule has 0 radical (unpaired) electrons. The summed E-state index contributed by atoms with van der Waals surface area (Å²) in [6.07, 6.45) is 3.14. The minimum absolute atomic E-state index is 0.0296. The molecule has 1 aromatic heterocycles. The standard InChI is InChI=1S/C18H17ClN2O5S/c1-10(17(22)20-14-7-6-12(21(24)25)9-13(14)19)26-18(23)16-8-11-4-2-3-5-15(11)27-16/h6-10H,2-5H2,1H3,(H,20,22). The number of nitrogens with zero attached hydrogens (tertiary/aromatic N) is 1. The third kappa shape index (κ3) is 4.45. The van der Waals surface area contributed by atoms with Crippen LogP contribution in [0.5, 0.6) is 0 Å². The van der Waals surface area contributed by atoms with Gasteiger partial charge in [-0.1, -0.05) is 11.6 Å². The molecule has 1 unspecified atom stereocenters. The van der Waals surface area contributed by atoms with Gasteiger partial charge in [0.15, 0.2) is 6.10 Å². The maximum Gasteiger partial charge on any atom is 0.349 e. The fourth-order valence-corrected chi connectivity index (χ4v) is 4.18. The molecule has 0 aliphatic heterocycles. The maximum atomic E-state index is 12.3. The smallest absolute Gasteiger partial charge is 0.349 e. The first-order valence-corrected chi connectivity index (χ1v) is 9.62. The molecule has 1 amide bonds. The van der Waals surface area contributed by atoms with Gasteiger partial charge in [-0.15, -0.1) is 11.3 Å². The summed E-state index contributed by atoms with van der Waals surface area (Å²) in [6, 6.07) is 5.55. The molecule has 7 nitrogen and oxygen atoms in total. The van der Waals surface area contributed by atoms with Gasteiger partial charge in [-0.3, -0.25) is 14.9 Å². The number of thiophene rings is 1. The van der Waals surface area contributed by atoms with Crippen LogP contribution in [-0.2, 0) is 22.4 Å². The van der Waals surface area contributed by atoms with Gasteiger partial charge in [-0.05, 0) is 50.3 Å². The summed E-state index contributed by atoms with van der Waals surface area (Å²) < 4.78 is 5.26. The zero-order valence-corrected chi connectivity index (χ0v) is 16.1. The molecule has 3 rings (SSSR count). The Morgan fingerprint density at radius 2 is 2.04 bits per heavy atom. The van der Waals surface area contributed by atoms with Gasteiger partial charge in [0.25, 0.3) is 11.6 Å². The first-order chi connectivity index (χ1) is 12.8. The average Bonchev–Trinajstić information content (AvgIpc) is 3.07. The molecule has 2 aromatic rings. The molecule has 1 heterocycles. The second kappa shape index (κ2) is 8.06. The van der Waals surface area contributed by atoms with Crippen molar-refractivity contribution < 1.29 is 19.2 Å². The zero-order valence-electron chi connectivity index (χ0n) is 14.5. The molecule has 0 bridgehead atoms. The van der Waals surface area contributed by atoms with Crippen molar-refractivity contribution in [3.05, 3.63) is 54.7 Å². The first-order valence-electron chi connectivity index (χ1n) is 8.42. The SMILES string of the molecule is CC(OC(=O)c1cc2c(s1)CCCC2)C(=O)Nc1ccc([N+](=O)[O-])cc1Cl. The lowest BCUT2D eigenvalue weighted by molar-refractivity contribution is -0.384. The molecular formula is C18H17ClN2O5S. The van der Waals surface area contributed by atoms with E-state index >= 15 is 0 Å². The topological polar surface area (TPSA) is 98.5 Å². The molecule has 0 saturated heterocycles. The molecule has 1 N–H and O–H groups in total. The van der Waals surface area contributed by atoms with Gasteiger partial charge in [0, 0.05) is 17.0 Å². The van der Waals surface area contributed by atoms with Crippen LogP contribution in [0, 0.1) is 10.1 Å². The normalized spacial score (nSPS) is 14.1. The number of amides is 1. The highest BCUT2D eigenvalue weighted by Gasteiger charge is 2.23. The van der Waals surface area contributed by atoms with Crippen LogP contribution in [0.2, 0.25) is 5.02 Å². The van der Waals surface area contributed by atoms with Crippen molar-refractivity contribution in [2.24, 2.45) is 0 Å². The van der Waals surface area contributed by atoms with Gasteiger partial charge in [-0.2, -0.15) is 0 Å². The lowest BCUT2D eigenvalue weighted by Crippen LogP contribution is -2.29. The highest BCUT2D eigenvalue weighted by atomic mass is 35.5. The number of hydrogen-bond donors (Lipinski definition) is 1. The molecule has 1 aliphatic carbocycles. The summed E-state index contributed by atoms with van der Waals surface area (Å²) in [4.78, 5) is 36.4. The Kier molecular flexibility index (Phi) is 5.76. The second-order valence-electron chi connectivity index (χ2n) is 6.22. The van der Waals surface area contributed by atoms with E-state index in [1.807, 2.05) is 6.07 Å². The number of rotatable bonds is 5. The van der Waals surface area contributed by atoms with Crippen molar-refractivity contribution in [3.63, 3.8) is 0 Å². The number of non-ortho nitro benzene ring substituents is 1. The van der Waals surface area contributed by atoms with Crippen LogP contribution in [-0.4, -0.2) is 22.9 Å². The van der Waals surface area contributed by atoms with Gasteiger partial charge in [0.1, 0.15) is 4.88 Å². The van der Waals surface area contributed by atoms with Gasteiger partial charge in [0.2, 0.25) is 0 Å². The predicted octanol–water partition coefficient (Wildman–Crippen LogP) is 4.37. The number of halogens is 1. The summed E-state index contributed by atoms with van der Waals surface area (Å²) in [5.74, 6) is -1.10. The predicted molar refractivity (Wildman–Crippen MR) is 103 cm³/mol. The highest BCUT2D eigenvalue weighted by Crippen LogP contribution is 2.30. The van der Waals surface area contributed by atoms with Gasteiger partial charge in [0.05, 0.1) is 15.6 Å². The van der Waals surface area contributed by atoms with E-state index in [1.165, 1.54) is 40.8 Å². The minimum Gasteiger partial charge on any atom is -0.448 e. The third-order valence-corrected chi connectivity index (χ3v) is 5.80. The summed E-state index contributed by atoms with van der Waals surface area (Å²) in [7, 11) is 0. The van der Waals surface area contributed by atoms with E-state index in [2.05, 4.69) is 5.32 Å². The Hall–Kier alpha value is -2.45. The third-order valence-electron chi connectivity index (χ3n) is 4.27. The quantitative estimate of drug-likeness (QED) is 0.450. The van der Waals surface area contributed by atoms with Crippen LogP contribution in [0.15, 0.2) is 24.3 Å². The van der Waals surface area contributed by atoms with Gasteiger partial charge >= 0.3 is 5.97 Å². The van der Waals surface area contributed by atoms with E-state index in [0.29, 0.717) is 4.88 Å². The average molecular weight is 409 g/mol. The number of fused-ring (bicyclic) bond motifs is 1. The van der Waals surface area contributed by atoms with Crippen molar-refractivity contribution >= 4 is 46.2 Å². The van der Waals surface area contributed by atoms with Crippen LogP contribution in [0.1, 0.15) is 39.9 Å². The van der Waals surface area contributed by atoms with Crippen molar-refractivity contribution in [2.45, 2.75) is 38.7 Å². The van der Waals surface area contributed by atoms with E-state index in [9.17, 15) is 19.7 Å². The Bertz CT molecular complexity index is 888. The van der Waals surface area contributed by atoms with Crippen molar-refractivity contribution in [1.82, 2.24) is 0 Å². The molecule has 1 aliphatic rings. The maximum absolute atomic E-state index is 12.3. The van der Waals surface area contributed by atoms with Crippen molar-refractivity contribution in [1.29, 1.82) is 0 Å². The Balaban J connectivity index is 1.63. The fraction of sp³-hybridized carbons (Fsp3) is 0.333. The van der Waals surface area contributed by atoms with Crippen LogP contribution >= 0.6 is 22.9 Å². The number of nitro benzene ring substituents is 1. The van der Waals surface area contributed by atoms with Crippen molar-refractivity contribution in [3.8, 4) is 0 Å². The number of nitro groups is 1. The molecule has 0 saturated carbocycles. The van der Waals surface area contributed by atoms with E-state index in [-0.39, 0.29) is 16.4 Å².